The van der Waals surface area contributed by atoms with Crippen LogP contribution in [0.2, 0.25) is 0 Å². The van der Waals surface area contributed by atoms with Crippen molar-refractivity contribution in [2.24, 2.45) is 5.92 Å². The van der Waals surface area contributed by atoms with Gasteiger partial charge in [-0.15, -0.1) is 0 Å². The highest BCUT2D eigenvalue weighted by Crippen LogP contribution is 2.33. The van der Waals surface area contributed by atoms with Crippen LogP contribution in [0.25, 0.3) is 5.57 Å². The van der Waals surface area contributed by atoms with E-state index in [0.29, 0.717) is 5.92 Å². The molecular weight excluding hydrogens is 202 g/mol. The molecule has 0 N–H and O–H groups in total. The number of hydrogen-bond donors (Lipinski definition) is 0. The SMILES string of the molecule is COC1C=C(C(C)C)C(c2ccno2)=CC1. The molecule has 16 heavy (non-hydrogen) atoms. The molecule has 0 bridgehead atoms. The Kier molecular flexibility index (Phi) is 3.25. The van der Waals surface area contributed by atoms with E-state index in [1.165, 1.54) is 5.57 Å². The molecule has 1 aromatic heterocycles. The van der Waals surface area contributed by atoms with E-state index in [9.17, 15) is 0 Å². The lowest BCUT2D eigenvalue weighted by Crippen LogP contribution is -2.13. The highest BCUT2D eigenvalue weighted by molar-refractivity contribution is 5.77. The number of hydrogen-bond acceptors (Lipinski definition) is 3. The van der Waals surface area contributed by atoms with E-state index in [-0.39, 0.29) is 6.10 Å². The molecule has 1 heterocycles. The molecule has 2 rings (SSSR count). The van der Waals surface area contributed by atoms with E-state index in [1.54, 1.807) is 13.3 Å². The Bertz CT molecular complexity index is 402. The van der Waals surface area contributed by atoms with E-state index >= 15 is 0 Å². The zero-order valence-corrected chi connectivity index (χ0v) is 9.93. The molecule has 1 aliphatic rings. The Labute approximate surface area is 95.8 Å². The van der Waals surface area contributed by atoms with Gasteiger partial charge in [0.2, 0.25) is 0 Å². The topological polar surface area (TPSA) is 35.3 Å². The largest absolute Gasteiger partial charge is 0.377 e. The van der Waals surface area contributed by atoms with E-state index in [4.69, 9.17) is 9.26 Å². The second kappa shape index (κ2) is 4.66. The summed E-state index contributed by atoms with van der Waals surface area (Å²) in [5.74, 6) is 1.30. The van der Waals surface area contributed by atoms with Gasteiger partial charge in [-0.1, -0.05) is 31.2 Å². The van der Waals surface area contributed by atoms with E-state index < -0.39 is 0 Å². The van der Waals surface area contributed by atoms with Crippen molar-refractivity contribution in [3.8, 4) is 0 Å². The van der Waals surface area contributed by atoms with Crippen LogP contribution in [0.5, 0.6) is 0 Å². The minimum atomic E-state index is 0.184. The van der Waals surface area contributed by atoms with Gasteiger partial charge in [-0.25, -0.2) is 0 Å². The zero-order chi connectivity index (χ0) is 11.5. The summed E-state index contributed by atoms with van der Waals surface area (Å²) in [7, 11) is 1.74. The van der Waals surface area contributed by atoms with Crippen LogP contribution in [-0.2, 0) is 4.74 Å². The fraction of sp³-hybridized carbons (Fsp3) is 0.462. The number of allylic oxidation sites excluding steroid dienone is 2. The van der Waals surface area contributed by atoms with Crippen molar-refractivity contribution in [3.63, 3.8) is 0 Å². The van der Waals surface area contributed by atoms with Crippen LogP contribution in [0.1, 0.15) is 26.0 Å². The normalized spacial score (nSPS) is 20.9. The van der Waals surface area contributed by atoms with Gasteiger partial charge in [-0.3, -0.25) is 0 Å². The first kappa shape index (κ1) is 11.1. The van der Waals surface area contributed by atoms with Crippen molar-refractivity contribution in [2.45, 2.75) is 26.4 Å². The highest BCUT2D eigenvalue weighted by atomic mass is 16.5. The molecule has 86 valence electrons. The van der Waals surface area contributed by atoms with Gasteiger partial charge in [0.25, 0.3) is 0 Å². The van der Waals surface area contributed by atoms with Crippen LogP contribution >= 0.6 is 0 Å². The van der Waals surface area contributed by atoms with Crippen molar-refractivity contribution in [2.75, 3.05) is 7.11 Å². The summed E-state index contributed by atoms with van der Waals surface area (Å²) in [5, 5.41) is 3.76. The third-order valence-corrected chi connectivity index (χ3v) is 2.86. The van der Waals surface area contributed by atoms with Gasteiger partial charge < -0.3 is 9.26 Å². The second-order valence-electron chi connectivity index (χ2n) is 4.28. The third kappa shape index (κ3) is 2.09. The molecule has 0 fully saturated rings. The molecule has 0 aliphatic heterocycles. The standard InChI is InChI=1S/C13H17NO2/c1-9(2)12-8-10(15-3)4-5-11(12)13-6-7-14-16-13/h5-10H,4H2,1-3H3. The summed E-state index contributed by atoms with van der Waals surface area (Å²) in [5.41, 5.74) is 2.43. The first-order chi connectivity index (χ1) is 7.72. The smallest absolute Gasteiger partial charge is 0.166 e. The fourth-order valence-electron chi connectivity index (χ4n) is 1.98. The average molecular weight is 219 g/mol. The molecule has 1 aromatic rings. The first-order valence-corrected chi connectivity index (χ1v) is 5.58. The van der Waals surface area contributed by atoms with Crippen molar-refractivity contribution < 1.29 is 9.26 Å². The van der Waals surface area contributed by atoms with Gasteiger partial charge in [0.1, 0.15) is 0 Å². The second-order valence-corrected chi connectivity index (χ2v) is 4.28. The van der Waals surface area contributed by atoms with Crippen molar-refractivity contribution in [1.82, 2.24) is 5.16 Å². The lowest BCUT2D eigenvalue weighted by atomic mass is 9.87. The predicted molar refractivity (Wildman–Crippen MR) is 62.8 cm³/mol. The molecule has 0 spiro atoms. The van der Waals surface area contributed by atoms with E-state index in [2.05, 4.69) is 31.2 Å². The average Bonchev–Trinajstić information content (AvgIpc) is 2.81. The molecular formula is C13H17NO2. The van der Waals surface area contributed by atoms with Gasteiger partial charge >= 0.3 is 0 Å². The lowest BCUT2D eigenvalue weighted by molar-refractivity contribution is 0.141. The molecule has 1 atom stereocenters. The Morgan fingerprint density at radius 2 is 2.31 bits per heavy atom. The van der Waals surface area contributed by atoms with Gasteiger partial charge in [0, 0.05) is 18.7 Å². The summed E-state index contributed by atoms with van der Waals surface area (Å²) >= 11 is 0. The molecule has 0 amide bonds. The molecule has 0 saturated carbocycles. The molecule has 3 heteroatoms. The molecule has 3 nitrogen and oxygen atoms in total. The van der Waals surface area contributed by atoms with Crippen LogP contribution in [0.3, 0.4) is 0 Å². The van der Waals surface area contributed by atoms with Gasteiger partial charge in [-0.2, -0.15) is 0 Å². The number of methoxy groups -OCH3 is 1. The summed E-state index contributed by atoms with van der Waals surface area (Å²) in [6.45, 7) is 4.35. The molecule has 1 aliphatic carbocycles. The van der Waals surface area contributed by atoms with Crippen molar-refractivity contribution in [3.05, 3.63) is 35.7 Å². The quantitative estimate of drug-likeness (QED) is 0.783. The molecule has 0 saturated heterocycles. The Balaban J connectivity index is 2.32. The molecule has 0 radical (unpaired) electrons. The van der Waals surface area contributed by atoms with Gasteiger partial charge in [0.05, 0.1) is 12.3 Å². The summed E-state index contributed by atoms with van der Waals surface area (Å²) < 4.78 is 10.6. The number of ether oxygens (including phenoxy) is 1. The lowest BCUT2D eigenvalue weighted by Gasteiger charge is -2.22. The first-order valence-electron chi connectivity index (χ1n) is 5.58. The Morgan fingerprint density at radius 3 is 2.88 bits per heavy atom. The van der Waals surface area contributed by atoms with Crippen LogP contribution in [0.4, 0.5) is 0 Å². The maximum absolute atomic E-state index is 5.37. The highest BCUT2D eigenvalue weighted by Gasteiger charge is 2.20. The van der Waals surface area contributed by atoms with Crippen molar-refractivity contribution in [1.29, 1.82) is 0 Å². The summed E-state index contributed by atoms with van der Waals surface area (Å²) in [6.07, 6.45) is 7.11. The van der Waals surface area contributed by atoms with Crippen LogP contribution < -0.4 is 0 Å². The van der Waals surface area contributed by atoms with Crippen LogP contribution in [0.15, 0.2) is 34.5 Å². The third-order valence-electron chi connectivity index (χ3n) is 2.86. The van der Waals surface area contributed by atoms with E-state index in [0.717, 1.165) is 17.8 Å². The predicted octanol–water partition coefficient (Wildman–Crippen LogP) is 3.06. The fourth-order valence-corrected chi connectivity index (χ4v) is 1.98. The number of rotatable bonds is 3. The van der Waals surface area contributed by atoms with Crippen LogP contribution in [-0.4, -0.2) is 18.4 Å². The van der Waals surface area contributed by atoms with Gasteiger partial charge in [0.15, 0.2) is 5.76 Å². The van der Waals surface area contributed by atoms with Crippen molar-refractivity contribution >= 4 is 5.57 Å². The Morgan fingerprint density at radius 1 is 1.50 bits per heavy atom. The van der Waals surface area contributed by atoms with E-state index in [1.807, 2.05) is 6.07 Å². The molecule has 0 aromatic carbocycles. The minimum Gasteiger partial charge on any atom is -0.377 e. The maximum Gasteiger partial charge on any atom is 0.166 e. The van der Waals surface area contributed by atoms with Crippen LogP contribution in [0, 0.1) is 5.92 Å². The number of aromatic nitrogens is 1. The Hall–Kier alpha value is -1.35. The monoisotopic (exact) mass is 219 g/mol. The summed E-state index contributed by atoms with van der Waals surface area (Å²) in [6, 6.07) is 1.90. The number of nitrogens with zero attached hydrogens (tertiary/aromatic N) is 1. The molecule has 1 unspecified atom stereocenters. The minimum absolute atomic E-state index is 0.184. The maximum atomic E-state index is 5.37. The summed E-state index contributed by atoms with van der Waals surface area (Å²) in [4.78, 5) is 0. The van der Waals surface area contributed by atoms with Gasteiger partial charge in [-0.05, 0) is 17.9 Å². The zero-order valence-electron chi connectivity index (χ0n) is 9.93.